The number of piperidine rings is 2. The molecule has 0 atom stereocenters. The predicted octanol–water partition coefficient (Wildman–Crippen LogP) is 2.27. The fourth-order valence-corrected chi connectivity index (χ4v) is 3.24. The van der Waals surface area contributed by atoms with Gasteiger partial charge < -0.3 is 15.0 Å². The molecule has 1 N–H and O–H groups in total. The van der Waals surface area contributed by atoms with Crippen molar-refractivity contribution in [1.29, 1.82) is 0 Å². The molecule has 0 saturated carbocycles. The lowest BCUT2D eigenvalue weighted by atomic mass is 9.84. The molecule has 106 valence electrons. The van der Waals surface area contributed by atoms with Gasteiger partial charge in [0.1, 0.15) is 0 Å². The van der Waals surface area contributed by atoms with E-state index in [1.54, 1.807) is 0 Å². The first-order valence-electron chi connectivity index (χ1n) is 7.70. The van der Waals surface area contributed by atoms with Crippen LogP contribution in [-0.2, 0) is 4.74 Å². The van der Waals surface area contributed by atoms with Gasteiger partial charge in [-0.3, -0.25) is 0 Å². The van der Waals surface area contributed by atoms with E-state index in [4.69, 9.17) is 4.74 Å². The average Bonchev–Trinajstić information content (AvgIpc) is 2.35. The normalized spacial score (nSPS) is 26.3. The Morgan fingerprint density at radius 2 is 2.06 bits per heavy atom. The average molecular weight is 254 g/mol. The van der Waals surface area contributed by atoms with Crippen LogP contribution in [-0.4, -0.2) is 50.3 Å². The first-order valence-corrected chi connectivity index (χ1v) is 7.70. The van der Waals surface area contributed by atoms with Crippen LogP contribution in [0.5, 0.6) is 0 Å². The van der Waals surface area contributed by atoms with Crippen LogP contribution in [0.3, 0.4) is 0 Å². The van der Waals surface area contributed by atoms with E-state index in [9.17, 15) is 0 Å². The molecule has 0 amide bonds. The molecule has 2 saturated heterocycles. The molecule has 3 heteroatoms. The quantitative estimate of drug-likeness (QED) is 0.762. The molecule has 2 rings (SSSR count). The van der Waals surface area contributed by atoms with Crippen LogP contribution in [0.4, 0.5) is 0 Å². The molecular formula is C15H30N2O. The van der Waals surface area contributed by atoms with Crippen LogP contribution in [0.15, 0.2) is 0 Å². The summed E-state index contributed by atoms with van der Waals surface area (Å²) in [6.07, 6.45) is 6.84. The van der Waals surface area contributed by atoms with E-state index in [2.05, 4.69) is 24.1 Å². The molecule has 2 aliphatic heterocycles. The maximum absolute atomic E-state index is 5.96. The van der Waals surface area contributed by atoms with Gasteiger partial charge in [-0.25, -0.2) is 0 Å². The Bertz CT molecular complexity index is 237. The monoisotopic (exact) mass is 254 g/mol. The summed E-state index contributed by atoms with van der Waals surface area (Å²) in [5, 5.41) is 3.38. The summed E-state index contributed by atoms with van der Waals surface area (Å²) in [5.41, 5.74) is 0.522. The van der Waals surface area contributed by atoms with Crippen molar-refractivity contribution in [3.63, 3.8) is 0 Å². The van der Waals surface area contributed by atoms with Crippen molar-refractivity contribution in [2.45, 2.75) is 52.1 Å². The van der Waals surface area contributed by atoms with Crippen LogP contribution in [0.25, 0.3) is 0 Å². The minimum absolute atomic E-state index is 0.518. The van der Waals surface area contributed by atoms with Gasteiger partial charge in [0.2, 0.25) is 0 Å². The second-order valence-corrected chi connectivity index (χ2v) is 6.72. The molecule has 0 aliphatic carbocycles. The minimum atomic E-state index is 0.518. The molecule has 2 fully saturated rings. The predicted molar refractivity (Wildman–Crippen MR) is 75.9 cm³/mol. The highest BCUT2D eigenvalue weighted by Crippen LogP contribution is 2.28. The Hall–Kier alpha value is -0.120. The van der Waals surface area contributed by atoms with E-state index in [1.807, 2.05) is 0 Å². The Morgan fingerprint density at radius 3 is 2.78 bits per heavy atom. The molecule has 2 aliphatic rings. The van der Waals surface area contributed by atoms with Gasteiger partial charge in [-0.2, -0.15) is 0 Å². The second kappa shape index (κ2) is 6.88. The maximum Gasteiger partial charge on any atom is 0.0599 e. The summed E-state index contributed by atoms with van der Waals surface area (Å²) in [7, 11) is 0. The number of rotatable bonds is 5. The van der Waals surface area contributed by atoms with E-state index in [0.717, 1.165) is 19.7 Å². The summed E-state index contributed by atoms with van der Waals surface area (Å²) in [6, 6.07) is 0. The third-order valence-corrected chi connectivity index (χ3v) is 4.24. The Kier molecular flexibility index (Phi) is 5.46. The zero-order chi connectivity index (χ0) is 12.8. The first kappa shape index (κ1) is 14.3. The fraction of sp³-hybridized carbons (Fsp3) is 1.00. The summed E-state index contributed by atoms with van der Waals surface area (Å²) >= 11 is 0. The molecular weight excluding hydrogens is 224 g/mol. The first-order chi connectivity index (χ1) is 8.66. The minimum Gasteiger partial charge on any atom is -0.378 e. The van der Waals surface area contributed by atoms with E-state index < -0.39 is 0 Å². The number of nitrogens with zero attached hydrogens (tertiary/aromatic N) is 1. The smallest absolute Gasteiger partial charge is 0.0599 e. The second-order valence-electron chi connectivity index (χ2n) is 6.72. The fourth-order valence-electron chi connectivity index (χ4n) is 3.24. The summed E-state index contributed by atoms with van der Waals surface area (Å²) in [6.45, 7) is 11.8. The lowest BCUT2D eigenvalue weighted by Crippen LogP contribution is -2.40. The molecule has 0 radical (unpaired) electrons. The topological polar surface area (TPSA) is 24.5 Å². The van der Waals surface area contributed by atoms with Crippen LogP contribution in [0.2, 0.25) is 0 Å². The number of likely N-dealkylation sites (tertiary alicyclic amines) is 1. The maximum atomic E-state index is 5.96. The van der Waals surface area contributed by atoms with Crippen molar-refractivity contribution < 1.29 is 4.74 Å². The number of hydrogen-bond acceptors (Lipinski definition) is 3. The van der Waals surface area contributed by atoms with Gasteiger partial charge in [-0.15, -0.1) is 0 Å². The molecule has 3 nitrogen and oxygen atoms in total. The zero-order valence-corrected chi connectivity index (χ0v) is 12.2. The standard InChI is InChI=1S/C15H30N2O/c1-15(2)7-3-10-17(13-15)11-4-12-18-14-5-8-16-9-6-14/h14,16H,3-13H2,1-2H3. The van der Waals surface area contributed by atoms with Crippen molar-refractivity contribution in [1.82, 2.24) is 10.2 Å². The van der Waals surface area contributed by atoms with Gasteiger partial charge in [0.15, 0.2) is 0 Å². The molecule has 0 aromatic heterocycles. The van der Waals surface area contributed by atoms with Crippen LogP contribution in [0, 0.1) is 5.41 Å². The van der Waals surface area contributed by atoms with E-state index >= 15 is 0 Å². The molecule has 0 bridgehead atoms. The highest BCUT2D eigenvalue weighted by atomic mass is 16.5. The molecule has 0 aromatic rings. The molecule has 2 heterocycles. The van der Waals surface area contributed by atoms with Crippen molar-refractivity contribution in [2.75, 3.05) is 39.3 Å². The highest BCUT2D eigenvalue weighted by molar-refractivity contribution is 4.79. The molecule has 0 unspecified atom stereocenters. The third-order valence-electron chi connectivity index (χ3n) is 4.24. The molecule has 18 heavy (non-hydrogen) atoms. The summed E-state index contributed by atoms with van der Waals surface area (Å²) < 4.78 is 5.96. The highest BCUT2D eigenvalue weighted by Gasteiger charge is 2.25. The van der Waals surface area contributed by atoms with Crippen molar-refractivity contribution in [3.8, 4) is 0 Å². The van der Waals surface area contributed by atoms with Crippen molar-refractivity contribution in [2.24, 2.45) is 5.41 Å². The van der Waals surface area contributed by atoms with Gasteiger partial charge in [-0.05, 0) is 57.2 Å². The van der Waals surface area contributed by atoms with Crippen LogP contribution >= 0.6 is 0 Å². The van der Waals surface area contributed by atoms with Gasteiger partial charge in [0.25, 0.3) is 0 Å². The van der Waals surface area contributed by atoms with Crippen molar-refractivity contribution in [3.05, 3.63) is 0 Å². The zero-order valence-electron chi connectivity index (χ0n) is 12.2. The summed E-state index contributed by atoms with van der Waals surface area (Å²) in [5.74, 6) is 0. The Morgan fingerprint density at radius 1 is 1.28 bits per heavy atom. The SMILES string of the molecule is CC1(C)CCCN(CCCOC2CCNCC2)C1. The van der Waals surface area contributed by atoms with E-state index in [0.29, 0.717) is 11.5 Å². The van der Waals surface area contributed by atoms with Crippen LogP contribution in [0.1, 0.15) is 46.0 Å². The lowest BCUT2D eigenvalue weighted by Gasteiger charge is -2.38. The van der Waals surface area contributed by atoms with E-state index in [-0.39, 0.29) is 0 Å². The lowest BCUT2D eigenvalue weighted by molar-refractivity contribution is 0.0235. The van der Waals surface area contributed by atoms with Crippen LogP contribution < -0.4 is 5.32 Å². The van der Waals surface area contributed by atoms with E-state index in [1.165, 1.54) is 51.7 Å². The van der Waals surface area contributed by atoms with Gasteiger partial charge in [0.05, 0.1) is 6.10 Å². The molecule has 0 spiro atoms. The van der Waals surface area contributed by atoms with Gasteiger partial charge in [0, 0.05) is 19.7 Å². The van der Waals surface area contributed by atoms with Gasteiger partial charge in [-0.1, -0.05) is 13.8 Å². The van der Waals surface area contributed by atoms with Crippen molar-refractivity contribution >= 4 is 0 Å². The number of hydrogen-bond donors (Lipinski definition) is 1. The third kappa shape index (κ3) is 4.87. The number of nitrogens with one attached hydrogen (secondary N) is 1. The summed E-state index contributed by atoms with van der Waals surface area (Å²) in [4.78, 5) is 2.62. The molecule has 0 aromatic carbocycles. The largest absolute Gasteiger partial charge is 0.378 e. The number of ether oxygens (including phenoxy) is 1. The Balaban J connectivity index is 1.54. The Labute approximate surface area is 112 Å². The van der Waals surface area contributed by atoms with Gasteiger partial charge >= 0.3 is 0 Å².